The summed E-state index contributed by atoms with van der Waals surface area (Å²) in [5.74, 6) is -3.16. The fourth-order valence-corrected chi connectivity index (χ4v) is 7.34. The van der Waals surface area contributed by atoms with Crippen molar-refractivity contribution in [1.29, 1.82) is 0 Å². The molecule has 250 valence electrons. The highest BCUT2D eigenvalue weighted by molar-refractivity contribution is 5.82. The molecule has 8 heteroatoms. The number of fused-ring (bicyclic) bond motifs is 2. The third-order valence-corrected chi connectivity index (χ3v) is 10.0. The van der Waals surface area contributed by atoms with E-state index < -0.39 is 60.1 Å². The third kappa shape index (κ3) is 7.53. The van der Waals surface area contributed by atoms with Gasteiger partial charge in [-0.2, -0.15) is 0 Å². The molecule has 6 rings (SSSR count). The molecule has 2 amide bonds. The van der Waals surface area contributed by atoms with Crippen LogP contribution >= 0.6 is 0 Å². The van der Waals surface area contributed by atoms with E-state index in [9.17, 15) is 30.0 Å². The van der Waals surface area contributed by atoms with E-state index in [1.54, 1.807) is 0 Å². The van der Waals surface area contributed by atoms with Crippen LogP contribution in [0.2, 0.25) is 0 Å². The second kappa shape index (κ2) is 15.3. The van der Waals surface area contributed by atoms with Crippen molar-refractivity contribution in [1.82, 2.24) is 10.6 Å². The fraction of sp³-hybridized carbons (Fsp3) is 0.350. The Hall–Kier alpha value is -4.34. The molecular weight excluding hydrogens is 604 g/mol. The third-order valence-electron chi connectivity index (χ3n) is 10.0. The molecule has 0 fully saturated rings. The lowest BCUT2D eigenvalue weighted by Gasteiger charge is -2.33. The number of hydrogen-bond donors (Lipinski definition) is 6. The normalized spacial score (nSPS) is 22.2. The summed E-state index contributed by atoms with van der Waals surface area (Å²) >= 11 is 0. The first-order chi connectivity index (χ1) is 23.3. The number of aliphatic hydroxyl groups excluding tert-OH is 4. The Balaban J connectivity index is 1.25. The van der Waals surface area contributed by atoms with Crippen molar-refractivity contribution in [2.75, 3.05) is 0 Å². The van der Waals surface area contributed by atoms with Crippen LogP contribution in [-0.4, -0.2) is 56.7 Å². The molecule has 4 aromatic rings. The number of hydrogen-bond acceptors (Lipinski definition) is 6. The zero-order chi connectivity index (χ0) is 33.6. The number of benzene rings is 4. The number of carbonyl (C=O) groups excluding carboxylic acids is 2. The lowest BCUT2D eigenvalue weighted by atomic mass is 9.82. The van der Waals surface area contributed by atoms with Crippen molar-refractivity contribution in [3.63, 3.8) is 0 Å². The summed E-state index contributed by atoms with van der Waals surface area (Å²) in [6.07, 6.45) is -2.69. The summed E-state index contributed by atoms with van der Waals surface area (Å²) in [5.41, 5.74) is 5.48. The van der Waals surface area contributed by atoms with Gasteiger partial charge in [0.15, 0.2) is 0 Å². The molecule has 8 atom stereocenters. The van der Waals surface area contributed by atoms with Crippen molar-refractivity contribution in [2.24, 2.45) is 11.8 Å². The molecule has 2 aliphatic rings. The zero-order valence-electron chi connectivity index (χ0n) is 26.9. The van der Waals surface area contributed by atoms with Gasteiger partial charge in [-0.05, 0) is 59.1 Å². The summed E-state index contributed by atoms with van der Waals surface area (Å²) in [6.45, 7) is 0. The monoisotopic (exact) mass is 648 g/mol. The van der Waals surface area contributed by atoms with E-state index in [1.807, 2.05) is 109 Å². The average molecular weight is 649 g/mol. The van der Waals surface area contributed by atoms with E-state index in [0.717, 1.165) is 33.4 Å². The largest absolute Gasteiger partial charge is 0.390 e. The summed E-state index contributed by atoms with van der Waals surface area (Å²) < 4.78 is 0. The molecule has 8 nitrogen and oxygen atoms in total. The predicted octanol–water partition coefficient (Wildman–Crippen LogP) is 3.76. The van der Waals surface area contributed by atoms with Crippen LogP contribution in [0.25, 0.3) is 0 Å². The highest BCUT2D eigenvalue weighted by Gasteiger charge is 2.42. The van der Waals surface area contributed by atoms with Crippen LogP contribution in [0, 0.1) is 11.8 Å². The first-order valence-corrected chi connectivity index (χ1v) is 16.9. The number of nitrogens with one attached hydrogen (secondary N) is 2. The number of aryl methyl sites for hydroxylation is 2. The molecule has 2 aliphatic carbocycles. The molecule has 6 N–H and O–H groups in total. The smallest absolute Gasteiger partial charge is 0.226 e. The Bertz CT molecular complexity index is 1560. The minimum atomic E-state index is -1.59. The number of aliphatic hydroxyl groups is 4. The summed E-state index contributed by atoms with van der Waals surface area (Å²) in [7, 11) is 0. The molecule has 0 saturated carbocycles. The Morgan fingerprint density at radius 2 is 0.917 bits per heavy atom. The molecular formula is C40H44N2O6. The van der Waals surface area contributed by atoms with E-state index in [4.69, 9.17) is 0 Å². The molecule has 0 aromatic heterocycles. The molecule has 0 bridgehead atoms. The van der Waals surface area contributed by atoms with Gasteiger partial charge in [0.25, 0.3) is 0 Å². The van der Waals surface area contributed by atoms with Crippen LogP contribution in [0.4, 0.5) is 0 Å². The van der Waals surface area contributed by atoms with Crippen LogP contribution in [0.15, 0.2) is 109 Å². The van der Waals surface area contributed by atoms with E-state index in [0.29, 0.717) is 25.7 Å². The molecule has 48 heavy (non-hydrogen) atoms. The van der Waals surface area contributed by atoms with Crippen molar-refractivity contribution in [3.05, 3.63) is 143 Å². The van der Waals surface area contributed by atoms with E-state index in [2.05, 4.69) is 10.6 Å². The SMILES string of the molecule is O=C(N[C@H]1c2ccccc2C[C@H]1O)[C@H](CCc1ccccc1)[C@H](O)[C@H](O)[C@@H](CCc1ccccc1)C(=O)NC1c2ccccc2C[C@H]1O. The number of carbonyl (C=O) groups is 2. The summed E-state index contributed by atoms with van der Waals surface area (Å²) in [5, 5.41) is 51.3. The van der Waals surface area contributed by atoms with Gasteiger partial charge in [0.2, 0.25) is 11.8 Å². The van der Waals surface area contributed by atoms with E-state index >= 15 is 0 Å². The van der Waals surface area contributed by atoms with Gasteiger partial charge in [-0.15, -0.1) is 0 Å². The Morgan fingerprint density at radius 1 is 0.562 bits per heavy atom. The van der Waals surface area contributed by atoms with Crippen molar-refractivity contribution < 1.29 is 30.0 Å². The van der Waals surface area contributed by atoms with Gasteiger partial charge in [-0.25, -0.2) is 0 Å². The van der Waals surface area contributed by atoms with Crippen molar-refractivity contribution in [3.8, 4) is 0 Å². The lowest BCUT2D eigenvalue weighted by molar-refractivity contribution is -0.143. The average Bonchev–Trinajstić information content (AvgIpc) is 3.59. The summed E-state index contributed by atoms with van der Waals surface area (Å²) in [6, 6.07) is 33.0. The maximum absolute atomic E-state index is 14.0. The Kier molecular flexibility index (Phi) is 10.7. The van der Waals surface area contributed by atoms with Gasteiger partial charge >= 0.3 is 0 Å². The predicted molar refractivity (Wildman–Crippen MR) is 183 cm³/mol. The minimum Gasteiger partial charge on any atom is -0.390 e. The molecule has 0 saturated heterocycles. The van der Waals surface area contributed by atoms with Crippen LogP contribution in [-0.2, 0) is 35.3 Å². The van der Waals surface area contributed by atoms with Crippen molar-refractivity contribution in [2.45, 2.75) is 75.0 Å². The first-order valence-electron chi connectivity index (χ1n) is 16.9. The quantitative estimate of drug-likeness (QED) is 0.131. The van der Waals surface area contributed by atoms with Crippen LogP contribution in [0.1, 0.15) is 58.3 Å². The lowest BCUT2D eigenvalue weighted by Crippen LogP contribution is -2.51. The van der Waals surface area contributed by atoms with Crippen LogP contribution in [0.3, 0.4) is 0 Å². The van der Waals surface area contributed by atoms with Gasteiger partial charge in [-0.3, -0.25) is 9.59 Å². The maximum Gasteiger partial charge on any atom is 0.226 e. The van der Waals surface area contributed by atoms with E-state index in [-0.39, 0.29) is 12.8 Å². The van der Waals surface area contributed by atoms with Gasteiger partial charge in [0, 0.05) is 12.8 Å². The topological polar surface area (TPSA) is 139 Å². The van der Waals surface area contributed by atoms with E-state index in [1.165, 1.54) is 0 Å². The molecule has 0 spiro atoms. The van der Waals surface area contributed by atoms with Gasteiger partial charge in [0.1, 0.15) is 0 Å². The molecule has 0 heterocycles. The van der Waals surface area contributed by atoms with Crippen LogP contribution < -0.4 is 10.6 Å². The Morgan fingerprint density at radius 3 is 1.31 bits per heavy atom. The van der Waals surface area contributed by atoms with Crippen molar-refractivity contribution >= 4 is 11.8 Å². The highest BCUT2D eigenvalue weighted by atomic mass is 16.3. The second-order valence-electron chi connectivity index (χ2n) is 13.2. The molecule has 0 aliphatic heterocycles. The molecule has 4 aromatic carbocycles. The van der Waals surface area contributed by atoms with Gasteiger partial charge < -0.3 is 31.1 Å². The molecule has 0 radical (unpaired) electrons. The first kappa shape index (κ1) is 33.6. The second-order valence-corrected chi connectivity index (χ2v) is 13.2. The van der Waals surface area contributed by atoms with Gasteiger partial charge in [0.05, 0.1) is 48.3 Å². The number of rotatable bonds is 13. The summed E-state index contributed by atoms with van der Waals surface area (Å²) in [4.78, 5) is 28.1. The number of amides is 2. The van der Waals surface area contributed by atoms with Gasteiger partial charge in [-0.1, -0.05) is 109 Å². The standard InChI is InChI=1S/C40H44N2O6/c43-33-23-27-15-7-9-17-29(27)35(33)41-39(47)31(21-19-25-11-3-1-4-12-25)37(45)38(46)32(22-20-26-13-5-2-6-14-26)40(48)42-36-30-18-10-8-16-28(30)24-34(36)44/h1-18,31-38,43-46H,19-24H2,(H,41,47)(H,42,48)/t31-,32-,33-,34-,35+,36?,37+,38-/m1/s1. The fourth-order valence-electron chi connectivity index (χ4n) is 7.34. The molecule has 1 unspecified atom stereocenters. The highest BCUT2D eigenvalue weighted by Crippen LogP contribution is 2.34. The van der Waals surface area contributed by atoms with Crippen LogP contribution in [0.5, 0.6) is 0 Å². The Labute approximate surface area is 281 Å². The minimum absolute atomic E-state index is 0.209. The zero-order valence-corrected chi connectivity index (χ0v) is 26.9. The maximum atomic E-state index is 14.0.